The molecule has 0 radical (unpaired) electrons. The van der Waals surface area contributed by atoms with Gasteiger partial charge in [0.2, 0.25) is 5.91 Å². The Morgan fingerprint density at radius 1 is 1.18 bits per heavy atom. The molecule has 22 heavy (non-hydrogen) atoms. The van der Waals surface area contributed by atoms with Crippen LogP contribution in [0.25, 0.3) is 0 Å². The van der Waals surface area contributed by atoms with Crippen molar-refractivity contribution in [1.82, 2.24) is 4.98 Å². The number of aromatic nitrogens is 1. The molecular formula is C16H19N3O2S. The fraction of sp³-hybridized carbons (Fsp3) is 0.312. The molecule has 2 aromatic rings. The lowest BCUT2D eigenvalue weighted by Crippen LogP contribution is -2.23. The first-order chi connectivity index (χ1) is 10.7. The molecule has 2 amide bonds. The van der Waals surface area contributed by atoms with E-state index >= 15 is 0 Å². The molecule has 0 aliphatic heterocycles. The van der Waals surface area contributed by atoms with E-state index in [9.17, 15) is 9.59 Å². The molecule has 116 valence electrons. The fourth-order valence-electron chi connectivity index (χ4n) is 2.13. The maximum absolute atomic E-state index is 12.3. The number of carbonyl (C=O) groups is 2. The Morgan fingerprint density at radius 3 is 2.55 bits per heavy atom. The van der Waals surface area contributed by atoms with Gasteiger partial charge in [-0.3, -0.25) is 14.9 Å². The Hall–Kier alpha value is -2.21. The highest BCUT2D eigenvalue weighted by Crippen LogP contribution is 2.20. The van der Waals surface area contributed by atoms with Crippen LogP contribution in [0.15, 0.2) is 35.8 Å². The lowest BCUT2D eigenvalue weighted by molar-refractivity contribution is -0.120. The van der Waals surface area contributed by atoms with Gasteiger partial charge in [0.05, 0.1) is 11.3 Å². The summed E-state index contributed by atoms with van der Waals surface area (Å²) in [6, 6.07) is 6.98. The van der Waals surface area contributed by atoms with Gasteiger partial charge in [0.1, 0.15) is 0 Å². The third-order valence-electron chi connectivity index (χ3n) is 3.44. The summed E-state index contributed by atoms with van der Waals surface area (Å²) in [5, 5.41) is 7.90. The Kier molecular flexibility index (Phi) is 5.66. The van der Waals surface area contributed by atoms with Crippen molar-refractivity contribution in [2.75, 3.05) is 10.6 Å². The Balaban J connectivity index is 2.16. The van der Waals surface area contributed by atoms with Gasteiger partial charge in [0, 0.05) is 17.5 Å². The fourth-order valence-corrected chi connectivity index (χ4v) is 2.66. The molecule has 6 heteroatoms. The van der Waals surface area contributed by atoms with Crippen LogP contribution in [0.2, 0.25) is 0 Å². The summed E-state index contributed by atoms with van der Waals surface area (Å²) >= 11 is 1.35. The first-order valence-corrected chi connectivity index (χ1v) is 8.14. The van der Waals surface area contributed by atoms with Crippen molar-refractivity contribution in [1.29, 1.82) is 0 Å². The average molecular weight is 317 g/mol. The molecule has 0 aliphatic carbocycles. The molecule has 0 spiro atoms. The lowest BCUT2D eigenvalue weighted by atomic mass is 10.0. The first-order valence-electron chi connectivity index (χ1n) is 7.26. The van der Waals surface area contributed by atoms with Crippen LogP contribution in [-0.2, 0) is 4.79 Å². The van der Waals surface area contributed by atoms with Crippen LogP contribution in [0.1, 0.15) is 37.0 Å². The SMILES string of the molecule is CCC(CC)C(=O)Nc1ccccc1C(=O)Nc1nccs1. The number of nitrogens with zero attached hydrogens (tertiary/aromatic N) is 1. The van der Waals surface area contributed by atoms with Crippen molar-refractivity contribution in [3.63, 3.8) is 0 Å². The molecule has 1 aromatic heterocycles. The second-order valence-electron chi connectivity index (χ2n) is 4.84. The zero-order valence-electron chi connectivity index (χ0n) is 12.6. The molecule has 1 heterocycles. The number of hydrogen-bond acceptors (Lipinski definition) is 4. The smallest absolute Gasteiger partial charge is 0.259 e. The van der Waals surface area contributed by atoms with Gasteiger partial charge >= 0.3 is 0 Å². The molecule has 0 atom stereocenters. The zero-order chi connectivity index (χ0) is 15.9. The number of amides is 2. The molecule has 0 saturated carbocycles. The number of para-hydroxylation sites is 1. The van der Waals surface area contributed by atoms with Gasteiger partial charge in [-0.1, -0.05) is 26.0 Å². The van der Waals surface area contributed by atoms with Gasteiger partial charge in [-0.2, -0.15) is 0 Å². The highest BCUT2D eigenvalue weighted by atomic mass is 32.1. The standard InChI is InChI=1S/C16H19N3O2S/c1-3-11(4-2)14(20)18-13-8-6-5-7-12(13)15(21)19-16-17-9-10-22-16/h5-11H,3-4H2,1-2H3,(H,18,20)(H,17,19,21). The molecular weight excluding hydrogens is 298 g/mol. The van der Waals surface area contributed by atoms with Gasteiger partial charge in [-0.15, -0.1) is 11.3 Å². The summed E-state index contributed by atoms with van der Waals surface area (Å²) in [7, 11) is 0. The molecule has 2 rings (SSSR count). The average Bonchev–Trinajstić information content (AvgIpc) is 3.02. The maximum Gasteiger partial charge on any atom is 0.259 e. The molecule has 2 N–H and O–H groups in total. The van der Waals surface area contributed by atoms with Crippen LogP contribution in [0, 0.1) is 5.92 Å². The predicted molar refractivity (Wildman–Crippen MR) is 89.2 cm³/mol. The van der Waals surface area contributed by atoms with E-state index in [0.29, 0.717) is 16.4 Å². The van der Waals surface area contributed by atoms with E-state index in [1.54, 1.807) is 35.8 Å². The van der Waals surface area contributed by atoms with E-state index in [2.05, 4.69) is 15.6 Å². The van der Waals surface area contributed by atoms with Crippen molar-refractivity contribution in [2.45, 2.75) is 26.7 Å². The van der Waals surface area contributed by atoms with E-state index in [0.717, 1.165) is 12.8 Å². The third kappa shape index (κ3) is 3.92. The monoisotopic (exact) mass is 317 g/mol. The van der Waals surface area contributed by atoms with Gasteiger partial charge in [0.25, 0.3) is 5.91 Å². The van der Waals surface area contributed by atoms with Crippen molar-refractivity contribution in [2.24, 2.45) is 5.92 Å². The topological polar surface area (TPSA) is 71.1 Å². The van der Waals surface area contributed by atoms with E-state index in [1.165, 1.54) is 11.3 Å². The number of benzene rings is 1. The molecule has 0 saturated heterocycles. The van der Waals surface area contributed by atoms with Crippen LogP contribution in [0.5, 0.6) is 0 Å². The summed E-state index contributed by atoms with van der Waals surface area (Å²) in [5.74, 6) is -0.384. The summed E-state index contributed by atoms with van der Waals surface area (Å²) < 4.78 is 0. The number of carbonyl (C=O) groups excluding carboxylic acids is 2. The van der Waals surface area contributed by atoms with Gasteiger partial charge in [0.15, 0.2) is 5.13 Å². The zero-order valence-corrected chi connectivity index (χ0v) is 13.4. The quantitative estimate of drug-likeness (QED) is 0.852. The molecule has 0 fully saturated rings. The summed E-state index contributed by atoms with van der Waals surface area (Å²) in [5.41, 5.74) is 0.950. The number of anilines is 2. The number of rotatable bonds is 6. The van der Waals surface area contributed by atoms with Gasteiger partial charge in [-0.25, -0.2) is 4.98 Å². The summed E-state index contributed by atoms with van der Waals surface area (Å²) in [4.78, 5) is 28.6. The highest BCUT2D eigenvalue weighted by molar-refractivity contribution is 7.13. The minimum absolute atomic E-state index is 0.0462. The van der Waals surface area contributed by atoms with Crippen molar-refractivity contribution in [3.05, 3.63) is 41.4 Å². The normalized spacial score (nSPS) is 10.5. The molecule has 5 nitrogen and oxygen atoms in total. The van der Waals surface area contributed by atoms with Crippen LogP contribution in [0.3, 0.4) is 0 Å². The van der Waals surface area contributed by atoms with Crippen molar-refractivity contribution >= 4 is 34.0 Å². The summed E-state index contributed by atoms with van der Waals surface area (Å²) in [6.45, 7) is 3.96. The van der Waals surface area contributed by atoms with E-state index in [-0.39, 0.29) is 17.7 Å². The molecule has 0 bridgehead atoms. The molecule has 1 aromatic carbocycles. The lowest BCUT2D eigenvalue weighted by Gasteiger charge is -2.15. The third-order valence-corrected chi connectivity index (χ3v) is 4.13. The Bertz CT molecular complexity index is 637. The van der Waals surface area contributed by atoms with Gasteiger partial charge < -0.3 is 5.32 Å². The van der Waals surface area contributed by atoms with E-state index in [1.807, 2.05) is 13.8 Å². The van der Waals surface area contributed by atoms with Crippen LogP contribution in [-0.4, -0.2) is 16.8 Å². The van der Waals surface area contributed by atoms with Gasteiger partial charge in [-0.05, 0) is 25.0 Å². The number of hydrogen-bond donors (Lipinski definition) is 2. The van der Waals surface area contributed by atoms with E-state index in [4.69, 9.17) is 0 Å². The second kappa shape index (κ2) is 7.70. The minimum atomic E-state index is -0.282. The number of nitrogens with one attached hydrogen (secondary N) is 2. The summed E-state index contributed by atoms with van der Waals surface area (Å²) in [6.07, 6.45) is 3.17. The van der Waals surface area contributed by atoms with Crippen molar-refractivity contribution in [3.8, 4) is 0 Å². The number of thiazole rings is 1. The van der Waals surface area contributed by atoms with Crippen molar-refractivity contribution < 1.29 is 9.59 Å². The first kappa shape index (κ1) is 16.2. The Labute approximate surface area is 133 Å². The van der Waals surface area contributed by atoms with E-state index < -0.39 is 0 Å². The predicted octanol–water partition coefficient (Wildman–Crippen LogP) is 3.77. The van der Waals surface area contributed by atoms with Crippen LogP contribution < -0.4 is 10.6 Å². The highest BCUT2D eigenvalue weighted by Gasteiger charge is 2.18. The Morgan fingerprint density at radius 2 is 1.91 bits per heavy atom. The van der Waals surface area contributed by atoms with Crippen LogP contribution >= 0.6 is 11.3 Å². The largest absolute Gasteiger partial charge is 0.325 e. The van der Waals surface area contributed by atoms with Crippen LogP contribution in [0.4, 0.5) is 10.8 Å². The maximum atomic E-state index is 12.3. The second-order valence-corrected chi connectivity index (χ2v) is 5.73. The minimum Gasteiger partial charge on any atom is -0.325 e. The molecule has 0 unspecified atom stereocenters. The molecule has 0 aliphatic rings.